The second-order valence-electron chi connectivity index (χ2n) is 4.33. The van der Waals surface area contributed by atoms with E-state index < -0.39 is 17.7 Å². The van der Waals surface area contributed by atoms with Gasteiger partial charge in [-0.2, -0.15) is 0 Å². The predicted octanol–water partition coefficient (Wildman–Crippen LogP) is 1.26. The van der Waals surface area contributed by atoms with E-state index in [1.165, 1.54) is 12.1 Å². The molecule has 3 nitrogen and oxygen atoms in total. The summed E-state index contributed by atoms with van der Waals surface area (Å²) in [6, 6.07) is 2.67. The molecular weight excluding hydrogens is 226 g/mol. The number of anilines is 1. The van der Waals surface area contributed by atoms with Crippen molar-refractivity contribution in [3.05, 3.63) is 29.3 Å². The highest BCUT2D eigenvalue weighted by Gasteiger charge is 2.25. The largest absolute Gasteiger partial charge is 0.391 e. The second-order valence-corrected chi connectivity index (χ2v) is 4.33. The molecule has 0 aliphatic carbocycles. The van der Waals surface area contributed by atoms with Gasteiger partial charge in [-0.3, -0.25) is 0 Å². The Bertz CT molecular complexity index is 388. The Morgan fingerprint density at radius 1 is 1.41 bits per heavy atom. The molecule has 1 aromatic rings. The van der Waals surface area contributed by atoms with Gasteiger partial charge in [0.15, 0.2) is 0 Å². The molecule has 0 bridgehead atoms. The molecule has 5 heteroatoms. The molecule has 1 saturated heterocycles. The van der Waals surface area contributed by atoms with Crippen LogP contribution in [0.1, 0.15) is 12.0 Å². The fraction of sp³-hybridized carbons (Fsp3) is 0.500. The van der Waals surface area contributed by atoms with Crippen molar-refractivity contribution in [1.29, 1.82) is 0 Å². The molecule has 2 N–H and O–H groups in total. The number of halogens is 2. The molecule has 1 unspecified atom stereocenters. The molecule has 1 atom stereocenters. The maximum Gasteiger partial charge on any atom is 0.149 e. The first-order valence-corrected chi connectivity index (χ1v) is 5.67. The number of rotatable bonds is 3. The lowest BCUT2D eigenvalue weighted by Gasteiger charge is -2.20. The molecule has 1 fully saturated rings. The molecule has 0 radical (unpaired) electrons. The number of hydrogen-bond acceptors (Lipinski definition) is 3. The zero-order valence-corrected chi connectivity index (χ0v) is 9.71. The maximum absolute atomic E-state index is 13.8. The molecule has 0 amide bonds. The van der Waals surface area contributed by atoms with Crippen molar-refractivity contribution >= 4 is 5.69 Å². The lowest BCUT2D eigenvalue weighted by atomic mass is 10.1. The fourth-order valence-corrected chi connectivity index (χ4v) is 2.17. The third kappa shape index (κ3) is 2.56. The van der Waals surface area contributed by atoms with Crippen LogP contribution in [-0.4, -0.2) is 31.3 Å². The van der Waals surface area contributed by atoms with Crippen molar-refractivity contribution in [2.75, 3.05) is 25.0 Å². The maximum atomic E-state index is 13.8. The van der Waals surface area contributed by atoms with Gasteiger partial charge in [0.1, 0.15) is 17.3 Å². The van der Waals surface area contributed by atoms with E-state index in [9.17, 15) is 13.9 Å². The number of nitrogens with zero attached hydrogens (tertiary/aromatic N) is 1. The van der Waals surface area contributed by atoms with E-state index in [2.05, 4.69) is 5.32 Å². The summed E-state index contributed by atoms with van der Waals surface area (Å²) >= 11 is 0. The second kappa shape index (κ2) is 4.98. The molecule has 1 aromatic carbocycles. The topological polar surface area (TPSA) is 35.5 Å². The van der Waals surface area contributed by atoms with Gasteiger partial charge in [-0.1, -0.05) is 0 Å². The summed E-state index contributed by atoms with van der Waals surface area (Å²) in [5.41, 5.74) is 0.549. The molecule has 0 aromatic heterocycles. The standard InChI is InChI=1S/C12H16F2N2O/c1-15-6-8-4-10(13)12(11(14)5-8)16-3-2-9(17)7-16/h4-5,9,15,17H,2-3,6-7H2,1H3. The smallest absolute Gasteiger partial charge is 0.149 e. The Balaban J connectivity index is 2.28. The third-order valence-corrected chi connectivity index (χ3v) is 2.94. The average Bonchev–Trinajstić information content (AvgIpc) is 2.64. The van der Waals surface area contributed by atoms with E-state index >= 15 is 0 Å². The first kappa shape index (κ1) is 12.3. The summed E-state index contributed by atoms with van der Waals surface area (Å²) in [7, 11) is 1.72. The highest BCUT2D eigenvalue weighted by molar-refractivity contribution is 5.51. The average molecular weight is 242 g/mol. The highest BCUT2D eigenvalue weighted by Crippen LogP contribution is 2.28. The molecule has 1 heterocycles. The Morgan fingerprint density at radius 3 is 2.53 bits per heavy atom. The number of aliphatic hydroxyl groups excluding tert-OH is 1. The van der Waals surface area contributed by atoms with E-state index in [1.807, 2.05) is 0 Å². The summed E-state index contributed by atoms with van der Waals surface area (Å²) in [5, 5.41) is 12.2. The van der Waals surface area contributed by atoms with Crippen LogP contribution in [0.25, 0.3) is 0 Å². The summed E-state index contributed by atoms with van der Waals surface area (Å²) in [6.45, 7) is 1.20. The van der Waals surface area contributed by atoms with Gasteiger partial charge >= 0.3 is 0 Å². The Kier molecular flexibility index (Phi) is 3.59. The molecule has 1 aliphatic heterocycles. The first-order chi connectivity index (χ1) is 8.11. The number of benzene rings is 1. The quantitative estimate of drug-likeness (QED) is 0.837. The monoisotopic (exact) mass is 242 g/mol. The van der Waals surface area contributed by atoms with E-state index in [1.54, 1.807) is 11.9 Å². The van der Waals surface area contributed by atoms with Gasteiger partial charge in [0, 0.05) is 19.6 Å². The van der Waals surface area contributed by atoms with Gasteiger partial charge in [-0.05, 0) is 31.2 Å². The molecule has 1 aliphatic rings. The van der Waals surface area contributed by atoms with Crippen molar-refractivity contribution in [3.63, 3.8) is 0 Å². The zero-order chi connectivity index (χ0) is 12.4. The van der Waals surface area contributed by atoms with Crippen molar-refractivity contribution in [2.24, 2.45) is 0 Å². The van der Waals surface area contributed by atoms with Crippen LogP contribution in [0.4, 0.5) is 14.5 Å². The van der Waals surface area contributed by atoms with Crippen LogP contribution in [0.2, 0.25) is 0 Å². The van der Waals surface area contributed by atoms with Crippen LogP contribution < -0.4 is 10.2 Å². The summed E-state index contributed by atoms with van der Waals surface area (Å²) in [4.78, 5) is 1.55. The van der Waals surface area contributed by atoms with E-state index in [0.717, 1.165) is 0 Å². The van der Waals surface area contributed by atoms with Crippen LogP contribution in [0, 0.1) is 11.6 Å². The lowest BCUT2D eigenvalue weighted by Crippen LogP contribution is -2.23. The third-order valence-electron chi connectivity index (χ3n) is 2.94. The van der Waals surface area contributed by atoms with Crippen molar-refractivity contribution < 1.29 is 13.9 Å². The van der Waals surface area contributed by atoms with Crippen LogP contribution in [-0.2, 0) is 6.54 Å². The summed E-state index contributed by atoms with van der Waals surface area (Å²) in [6.07, 6.45) is 0.0581. The molecule has 94 valence electrons. The van der Waals surface area contributed by atoms with Gasteiger partial charge in [0.2, 0.25) is 0 Å². The van der Waals surface area contributed by atoms with Crippen molar-refractivity contribution in [1.82, 2.24) is 5.32 Å². The SMILES string of the molecule is CNCc1cc(F)c(N2CCC(O)C2)c(F)c1. The minimum atomic E-state index is -0.565. The number of aliphatic hydroxyl groups is 1. The van der Waals surface area contributed by atoms with E-state index in [4.69, 9.17) is 0 Å². The van der Waals surface area contributed by atoms with Crippen LogP contribution >= 0.6 is 0 Å². The Hall–Kier alpha value is -1.20. The normalized spacial score (nSPS) is 20.0. The zero-order valence-electron chi connectivity index (χ0n) is 9.71. The summed E-state index contributed by atoms with van der Waals surface area (Å²) < 4.78 is 27.6. The van der Waals surface area contributed by atoms with Gasteiger partial charge in [0.05, 0.1) is 6.10 Å². The molecule has 17 heavy (non-hydrogen) atoms. The van der Waals surface area contributed by atoms with Gasteiger partial charge in [0.25, 0.3) is 0 Å². The molecule has 0 spiro atoms. The Morgan fingerprint density at radius 2 is 2.06 bits per heavy atom. The number of hydrogen-bond donors (Lipinski definition) is 2. The molecule has 0 saturated carbocycles. The van der Waals surface area contributed by atoms with Crippen molar-refractivity contribution in [3.8, 4) is 0 Å². The van der Waals surface area contributed by atoms with E-state index in [-0.39, 0.29) is 5.69 Å². The predicted molar refractivity (Wildman–Crippen MR) is 62.0 cm³/mol. The minimum absolute atomic E-state index is 0.0265. The van der Waals surface area contributed by atoms with Crippen LogP contribution in [0.5, 0.6) is 0 Å². The molecular formula is C12H16F2N2O. The van der Waals surface area contributed by atoms with Crippen molar-refractivity contribution in [2.45, 2.75) is 19.1 Å². The van der Waals surface area contributed by atoms with E-state index in [0.29, 0.717) is 31.6 Å². The minimum Gasteiger partial charge on any atom is -0.391 e. The fourth-order valence-electron chi connectivity index (χ4n) is 2.17. The first-order valence-electron chi connectivity index (χ1n) is 5.67. The van der Waals surface area contributed by atoms with Gasteiger partial charge in [-0.25, -0.2) is 8.78 Å². The van der Waals surface area contributed by atoms with Crippen LogP contribution in [0.3, 0.4) is 0 Å². The Labute approximate surface area is 99.1 Å². The van der Waals surface area contributed by atoms with Crippen LogP contribution in [0.15, 0.2) is 12.1 Å². The summed E-state index contributed by atoms with van der Waals surface area (Å²) in [5.74, 6) is -1.13. The van der Waals surface area contributed by atoms with Gasteiger partial charge < -0.3 is 15.3 Å². The number of nitrogens with one attached hydrogen (secondary N) is 1. The highest BCUT2D eigenvalue weighted by atomic mass is 19.1. The molecule has 2 rings (SSSR count). The number of β-amino-alcohol motifs (C(OH)–C–C–N with tert-alkyl or cyclic N) is 1. The van der Waals surface area contributed by atoms with Gasteiger partial charge in [-0.15, -0.1) is 0 Å². The lowest BCUT2D eigenvalue weighted by molar-refractivity contribution is 0.198.